The molecule has 1 rings (SSSR count). The van der Waals surface area contributed by atoms with Crippen LogP contribution in [0.1, 0.15) is 33.6 Å². The minimum Gasteiger partial charge on any atom is -0.377 e. The SMILES string of the molecule is CC1CC[C@H](COC(C)C)N1. The van der Waals surface area contributed by atoms with E-state index in [2.05, 4.69) is 26.1 Å². The molecule has 2 nitrogen and oxygen atoms in total. The van der Waals surface area contributed by atoms with Crippen LogP contribution in [0.3, 0.4) is 0 Å². The van der Waals surface area contributed by atoms with Gasteiger partial charge in [0.05, 0.1) is 12.7 Å². The molecule has 1 N–H and O–H groups in total. The van der Waals surface area contributed by atoms with Crippen molar-refractivity contribution in [2.45, 2.75) is 51.8 Å². The Balaban J connectivity index is 2.08. The molecule has 0 saturated carbocycles. The molecule has 1 fully saturated rings. The molecular weight excluding hydrogens is 138 g/mol. The molecule has 0 amide bonds. The summed E-state index contributed by atoms with van der Waals surface area (Å²) >= 11 is 0. The van der Waals surface area contributed by atoms with E-state index in [-0.39, 0.29) is 0 Å². The molecule has 0 radical (unpaired) electrons. The average Bonchev–Trinajstić information content (AvgIpc) is 2.31. The van der Waals surface area contributed by atoms with Crippen LogP contribution in [-0.2, 0) is 4.74 Å². The number of rotatable bonds is 3. The lowest BCUT2D eigenvalue weighted by Gasteiger charge is -2.14. The van der Waals surface area contributed by atoms with Gasteiger partial charge in [0.15, 0.2) is 0 Å². The number of nitrogens with one attached hydrogen (secondary N) is 1. The van der Waals surface area contributed by atoms with Crippen molar-refractivity contribution in [2.24, 2.45) is 0 Å². The molecule has 0 aromatic rings. The van der Waals surface area contributed by atoms with Gasteiger partial charge in [0.2, 0.25) is 0 Å². The van der Waals surface area contributed by atoms with Gasteiger partial charge in [-0.25, -0.2) is 0 Å². The van der Waals surface area contributed by atoms with E-state index >= 15 is 0 Å². The van der Waals surface area contributed by atoms with Crippen molar-refractivity contribution >= 4 is 0 Å². The zero-order chi connectivity index (χ0) is 8.27. The molecule has 11 heavy (non-hydrogen) atoms. The highest BCUT2D eigenvalue weighted by Crippen LogP contribution is 2.11. The van der Waals surface area contributed by atoms with E-state index < -0.39 is 0 Å². The predicted molar refractivity (Wildman–Crippen MR) is 46.7 cm³/mol. The zero-order valence-electron chi connectivity index (χ0n) is 7.76. The van der Waals surface area contributed by atoms with Crippen molar-refractivity contribution in [1.82, 2.24) is 5.32 Å². The highest BCUT2D eigenvalue weighted by Gasteiger charge is 2.19. The number of ether oxygens (including phenoxy) is 1. The first kappa shape index (κ1) is 9.01. The summed E-state index contributed by atoms with van der Waals surface area (Å²) < 4.78 is 5.51. The van der Waals surface area contributed by atoms with Crippen molar-refractivity contribution in [3.05, 3.63) is 0 Å². The van der Waals surface area contributed by atoms with E-state index in [1.807, 2.05) is 0 Å². The molecule has 0 aromatic heterocycles. The highest BCUT2D eigenvalue weighted by atomic mass is 16.5. The fourth-order valence-electron chi connectivity index (χ4n) is 1.46. The number of hydrogen-bond acceptors (Lipinski definition) is 2. The number of hydrogen-bond donors (Lipinski definition) is 1. The van der Waals surface area contributed by atoms with Crippen LogP contribution in [0.2, 0.25) is 0 Å². The van der Waals surface area contributed by atoms with Crippen molar-refractivity contribution in [1.29, 1.82) is 0 Å². The molecule has 1 heterocycles. The Morgan fingerprint density at radius 1 is 1.45 bits per heavy atom. The molecule has 0 aromatic carbocycles. The summed E-state index contributed by atoms with van der Waals surface area (Å²) in [5.41, 5.74) is 0. The van der Waals surface area contributed by atoms with Crippen LogP contribution in [-0.4, -0.2) is 24.8 Å². The monoisotopic (exact) mass is 157 g/mol. The van der Waals surface area contributed by atoms with Crippen LogP contribution >= 0.6 is 0 Å². The summed E-state index contributed by atoms with van der Waals surface area (Å²) in [5, 5.41) is 3.48. The van der Waals surface area contributed by atoms with E-state index in [4.69, 9.17) is 4.74 Å². The van der Waals surface area contributed by atoms with Crippen molar-refractivity contribution in [2.75, 3.05) is 6.61 Å². The van der Waals surface area contributed by atoms with Gasteiger partial charge in [0.1, 0.15) is 0 Å². The van der Waals surface area contributed by atoms with Crippen molar-refractivity contribution in [3.8, 4) is 0 Å². The zero-order valence-corrected chi connectivity index (χ0v) is 7.76. The van der Waals surface area contributed by atoms with Gasteiger partial charge >= 0.3 is 0 Å². The second-order valence-corrected chi connectivity index (χ2v) is 3.72. The molecule has 66 valence electrons. The predicted octanol–water partition coefficient (Wildman–Crippen LogP) is 1.55. The summed E-state index contributed by atoms with van der Waals surface area (Å²) in [6.45, 7) is 7.27. The van der Waals surface area contributed by atoms with Gasteiger partial charge in [0.25, 0.3) is 0 Å². The Morgan fingerprint density at radius 3 is 2.64 bits per heavy atom. The van der Waals surface area contributed by atoms with E-state index in [0.717, 1.165) is 6.61 Å². The van der Waals surface area contributed by atoms with Crippen LogP contribution in [0.4, 0.5) is 0 Å². The molecular formula is C9H19NO. The molecule has 0 aliphatic carbocycles. The van der Waals surface area contributed by atoms with Gasteiger partial charge in [0, 0.05) is 12.1 Å². The fraction of sp³-hybridized carbons (Fsp3) is 1.00. The standard InChI is InChI=1S/C9H19NO/c1-7(2)11-6-9-5-4-8(3)10-9/h7-10H,4-6H2,1-3H3/t8?,9-/m1/s1. The first-order chi connectivity index (χ1) is 5.18. The third kappa shape index (κ3) is 3.21. The van der Waals surface area contributed by atoms with Gasteiger partial charge in [-0.15, -0.1) is 0 Å². The summed E-state index contributed by atoms with van der Waals surface area (Å²) in [5.74, 6) is 0. The van der Waals surface area contributed by atoms with Gasteiger partial charge in [-0.2, -0.15) is 0 Å². The lowest BCUT2D eigenvalue weighted by atomic mass is 10.2. The lowest BCUT2D eigenvalue weighted by molar-refractivity contribution is 0.0642. The van der Waals surface area contributed by atoms with E-state index in [0.29, 0.717) is 18.2 Å². The highest BCUT2D eigenvalue weighted by molar-refractivity contribution is 4.80. The van der Waals surface area contributed by atoms with Crippen molar-refractivity contribution < 1.29 is 4.74 Å². The third-order valence-electron chi connectivity index (χ3n) is 2.10. The molecule has 1 aliphatic heterocycles. The quantitative estimate of drug-likeness (QED) is 0.671. The van der Waals surface area contributed by atoms with E-state index in [1.165, 1.54) is 12.8 Å². The first-order valence-electron chi connectivity index (χ1n) is 4.56. The van der Waals surface area contributed by atoms with Crippen LogP contribution in [0.15, 0.2) is 0 Å². The Morgan fingerprint density at radius 2 is 2.18 bits per heavy atom. The minimum atomic E-state index is 0.368. The van der Waals surface area contributed by atoms with Crippen LogP contribution in [0.5, 0.6) is 0 Å². The summed E-state index contributed by atoms with van der Waals surface area (Å²) in [7, 11) is 0. The summed E-state index contributed by atoms with van der Waals surface area (Å²) in [4.78, 5) is 0. The molecule has 1 aliphatic rings. The van der Waals surface area contributed by atoms with Crippen LogP contribution in [0.25, 0.3) is 0 Å². The topological polar surface area (TPSA) is 21.3 Å². The van der Waals surface area contributed by atoms with Crippen LogP contribution in [0, 0.1) is 0 Å². The molecule has 1 saturated heterocycles. The van der Waals surface area contributed by atoms with Gasteiger partial charge < -0.3 is 10.1 Å². The van der Waals surface area contributed by atoms with Gasteiger partial charge in [-0.05, 0) is 33.6 Å². The fourth-order valence-corrected chi connectivity index (χ4v) is 1.46. The van der Waals surface area contributed by atoms with E-state index in [9.17, 15) is 0 Å². The Bertz CT molecular complexity index is 114. The largest absolute Gasteiger partial charge is 0.377 e. The maximum atomic E-state index is 5.51. The van der Waals surface area contributed by atoms with Gasteiger partial charge in [-0.3, -0.25) is 0 Å². The van der Waals surface area contributed by atoms with Gasteiger partial charge in [-0.1, -0.05) is 0 Å². The molecule has 1 unspecified atom stereocenters. The Kier molecular flexibility index (Phi) is 3.34. The normalized spacial score (nSPS) is 31.6. The summed E-state index contributed by atoms with van der Waals surface area (Å²) in [6, 6.07) is 1.29. The lowest BCUT2D eigenvalue weighted by Crippen LogP contribution is -2.31. The smallest absolute Gasteiger partial charge is 0.0623 e. The maximum absolute atomic E-state index is 5.51. The Labute approximate surface area is 69.3 Å². The molecule has 2 atom stereocenters. The second kappa shape index (κ2) is 4.07. The molecule has 0 spiro atoms. The second-order valence-electron chi connectivity index (χ2n) is 3.72. The third-order valence-corrected chi connectivity index (χ3v) is 2.10. The first-order valence-corrected chi connectivity index (χ1v) is 4.56. The molecule has 2 heteroatoms. The average molecular weight is 157 g/mol. The van der Waals surface area contributed by atoms with E-state index in [1.54, 1.807) is 0 Å². The maximum Gasteiger partial charge on any atom is 0.0623 e. The van der Waals surface area contributed by atoms with Crippen molar-refractivity contribution in [3.63, 3.8) is 0 Å². The Hall–Kier alpha value is -0.0800. The summed E-state index contributed by atoms with van der Waals surface area (Å²) in [6.07, 6.45) is 2.94. The minimum absolute atomic E-state index is 0.368. The van der Waals surface area contributed by atoms with Crippen LogP contribution < -0.4 is 5.32 Å². The molecule has 0 bridgehead atoms.